The Balaban J connectivity index is 1.41. The molecule has 6 aliphatic rings. The molecule has 3 N–H and O–H groups in total. The van der Waals surface area contributed by atoms with E-state index in [2.05, 4.69) is 16.0 Å². The summed E-state index contributed by atoms with van der Waals surface area (Å²) in [6.45, 7) is 9.58. The summed E-state index contributed by atoms with van der Waals surface area (Å²) < 4.78 is 57.7. The molecule has 3 heterocycles. The number of carbonyl (C=O) groups is 12. The maximum atomic E-state index is 15.7. The number of carbonyl (C=O) groups excluding carboxylic acids is 12. The van der Waals surface area contributed by atoms with Gasteiger partial charge in [0.25, 0.3) is 0 Å². The SMILES string of the molecule is CC[C@H](C)[C@@H]1NC(=O)[C@H](CC(C)C)N(C)C(=O)C[C@@H](C(=O)N2CCCCC2)N(C)C(=O)[C@H](C(C)C)N(C)C(=O)C2(CCCC2)NC(=O)[C@@H]2CCCN2C(=O)[C@H](CCC2CCC(C(F)(F)F)C(Cl)C2)NC(=O)CN(C)C(=O)[C@H](CC2CCCCC2F)N(C)C(=O)CN(C)C(=O)CN(C)C1=O. The Morgan fingerprint density at radius 2 is 1.23 bits per heavy atom. The normalized spacial score (nSPS) is 30.5. The first-order chi connectivity index (χ1) is 46.4. The Kier molecular flexibility index (Phi) is 29.7. The van der Waals surface area contributed by atoms with Crippen LogP contribution in [0.2, 0.25) is 0 Å². The zero-order chi connectivity index (χ0) is 73.7. The van der Waals surface area contributed by atoms with E-state index in [0.717, 1.165) is 26.0 Å². The summed E-state index contributed by atoms with van der Waals surface area (Å²) in [7, 11) is 9.59. The minimum absolute atomic E-state index is 0.0288. The topological polar surface area (TPSA) is 270 Å². The van der Waals surface area contributed by atoms with Crippen molar-refractivity contribution < 1.29 is 75.1 Å². The maximum Gasteiger partial charge on any atom is 0.393 e. The molecule has 560 valence electrons. The minimum atomic E-state index is -4.53. The minimum Gasteiger partial charge on any atom is -0.343 e. The molecule has 0 bridgehead atoms. The van der Waals surface area contributed by atoms with Crippen LogP contribution in [0.25, 0.3) is 0 Å². The van der Waals surface area contributed by atoms with E-state index < -0.39 is 192 Å². The van der Waals surface area contributed by atoms with Crippen LogP contribution in [0.15, 0.2) is 0 Å². The smallest absolute Gasteiger partial charge is 0.343 e. The van der Waals surface area contributed by atoms with Crippen LogP contribution in [0, 0.1) is 35.5 Å². The molecule has 3 aliphatic heterocycles. The average Bonchev–Trinajstić information content (AvgIpc) is 1.71. The first kappa shape index (κ1) is 81.6. The fraction of sp³-hybridized carbons (Fsp3) is 0.829. The first-order valence-corrected chi connectivity index (χ1v) is 36.5. The number of hydrogen-bond acceptors (Lipinski definition) is 12. The molecule has 24 nitrogen and oxygen atoms in total. The van der Waals surface area contributed by atoms with Crippen LogP contribution in [-0.4, -0.2) is 269 Å². The Labute approximate surface area is 587 Å². The van der Waals surface area contributed by atoms with Crippen LogP contribution in [0.1, 0.15) is 183 Å². The van der Waals surface area contributed by atoms with E-state index in [1.54, 1.807) is 25.7 Å². The third-order valence-electron chi connectivity index (χ3n) is 22.1. The van der Waals surface area contributed by atoms with Gasteiger partial charge in [-0.25, -0.2) is 4.39 Å². The fourth-order valence-electron chi connectivity index (χ4n) is 15.6. The van der Waals surface area contributed by atoms with Crippen LogP contribution in [0.4, 0.5) is 17.6 Å². The van der Waals surface area contributed by atoms with Crippen LogP contribution >= 0.6 is 11.6 Å². The Morgan fingerprint density at radius 1 is 0.616 bits per heavy atom. The second-order valence-corrected chi connectivity index (χ2v) is 30.7. The van der Waals surface area contributed by atoms with E-state index in [-0.39, 0.29) is 83.1 Å². The van der Waals surface area contributed by atoms with Gasteiger partial charge in [-0.2, -0.15) is 13.2 Å². The quantitative estimate of drug-likeness (QED) is 0.171. The second-order valence-electron chi connectivity index (χ2n) is 30.1. The first-order valence-electron chi connectivity index (χ1n) is 36.1. The number of likely N-dealkylation sites (tertiary alicyclic amines) is 1. The van der Waals surface area contributed by atoms with E-state index in [1.807, 2.05) is 20.8 Å². The maximum absolute atomic E-state index is 15.7. The lowest BCUT2D eigenvalue weighted by Crippen LogP contribution is -2.65. The number of nitrogens with one attached hydrogen (secondary N) is 3. The molecule has 99 heavy (non-hydrogen) atoms. The van der Waals surface area contributed by atoms with Gasteiger partial charge in [0.05, 0.1) is 32.0 Å². The molecular formula is C70H113ClF4N12O12. The number of likely N-dealkylation sites (N-methyl/N-ethyl adjacent to an activating group) is 7. The predicted molar refractivity (Wildman–Crippen MR) is 363 cm³/mol. The Morgan fingerprint density at radius 3 is 1.83 bits per heavy atom. The van der Waals surface area contributed by atoms with E-state index in [9.17, 15) is 51.5 Å². The largest absolute Gasteiger partial charge is 0.393 e. The zero-order valence-electron chi connectivity index (χ0n) is 60.8. The summed E-state index contributed by atoms with van der Waals surface area (Å²) in [5.74, 6) is -12.4. The monoisotopic (exact) mass is 1420 g/mol. The van der Waals surface area contributed by atoms with Gasteiger partial charge in [-0.05, 0) is 132 Å². The molecule has 12 amide bonds. The van der Waals surface area contributed by atoms with Crippen molar-refractivity contribution in [2.45, 2.75) is 248 Å². The number of nitrogens with zero attached hydrogens (tertiary/aromatic N) is 9. The van der Waals surface area contributed by atoms with Crippen molar-refractivity contribution in [3.05, 3.63) is 0 Å². The van der Waals surface area contributed by atoms with E-state index in [4.69, 9.17) is 11.6 Å². The van der Waals surface area contributed by atoms with Gasteiger partial charge >= 0.3 is 6.18 Å². The molecule has 0 radical (unpaired) electrons. The van der Waals surface area contributed by atoms with Crippen molar-refractivity contribution in [1.29, 1.82) is 0 Å². The molecule has 6 fully saturated rings. The summed E-state index contributed by atoms with van der Waals surface area (Å²) in [4.78, 5) is 189. The van der Waals surface area contributed by atoms with Crippen molar-refractivity contribution in [2.24, 2.45) is 35.5 Å². The number of alkyl halides is 5. The number of halogens is 5. The van der Waals surface area contributed by atoms with Gasteiger partial charge in [0.1, 0.15) is 54.0 Å². The van der Waals surface area contributed by atoms with Crippen molar-refractivity contribution >= 4 is 82.5 Å². The molecule has 5 unspecified atom stereocenters. The van der Waals surface area contributed by atoms with E-state index in [1.165, 1.54) is 68.9 Å². The molecular weight excluding hydrogens is 1310 g/mol. The number of fused-ring (bicyclic) bond motifs is 1. The van der Waals surface area contributed by atoms with Gasteiger partial charge < -0.3 is 60.0 Å². The lowest BCUT2D eigenvalue weighted by molar-refractivity contribution is -0.182. The Hall–Kier alpha value is -6.35. The summed E-state index contributed by atoms with van der Waals surface area (Å²) in [5, 5.41) is 7.42. The zero-order valence-corrected chi connectivity index (χ0v) is 61.5. The molecule has 6 rings (SSSR count). The van der Waals surface area contributed by atoms with E-state index in [0.29, 0.717) is 70.9 Å². The molecule has 0 aromatic heterocycles. The lowest BCUT2D eigenvalue weighted by atomic mass is 9.78. The highest BCUT2D eigenvalue weighted by molar-refractivity contribution is 6.21. The highest BCUT2D eigenvalue weighted by atomic mass is 35.5. The summed E-state index contributed by atoms with van der Waals surface area (Å²) in [6, 6.07) is -9.06. The molecule has 0 aromatic carbocycles. The van der Waals surface area contributed by atoms with Crippen LogP contribution < -0.4 is 16.0 Å². The third-order valence-corrected chi connectivity index (χ3v) is 22.5. The average molecular weight is 1430 g/mol. The molecule has 0 aromatic rings. The highest BCUT2D eigenvalue weighted by Gasteiger charge is 2.52. The summed E-state index contributed by atoms with van der Waals surface area (Å²) >= 11 is 6.38. The van der Waals surface area contributed by atoms with Crippen molar-refractivity contribution in [3.8, 4) is 0 Å². The molecule has 13 atom stereocenters. The van der Waals surface area contributed by atoms with Gasteiger partial charge in [-0.3, -0.25) is 57.5 Å². The molecule has 3 aliphatic carbocycles. The van der Waals surface area contributed by atoms with Gasteiger partial charge in [-0.15, -0.1) is 11.6 Å². The van der Waals surface area contributed by atoms with Crippen LogP contribution in [0.5, 0.6) is 0 Å². The van der Waals surface area contributed by atoms with Crippen molar-refractivity contribution in [3.63, 3.8) is 0 Å². The van der Waals surface area contributed by atoms with Gasteiger partial charge in [0.2, 0.25) is 70.9 Å². The lowest BCUT2D eigenvalue weighted by Gasteiger charge is -2.42. The van der Waals surface area contributed by atoms with Crippen molar-refractivity contribution in [1.82, 2.24) is 60.0 Å². The highest BCUT2D eigenvalue weighted by Crippen LogP contribution is 2.44. The number of amides is 12. The fourth-order valence-corrected chi connectivity index (χ4v) is 16.1. The van der Waals surface area contributed by atoms with Gasteiger partial charge in [0, 0.05) is 74.3 Å². The molecule has 29 heteroatoms. The standard InChI is InChI=1S/C70H113ClF4N12O12/c1-14-44(6)59-66(97)81(9)40-57(90)79(7)41-58(91)83(11)53(37-46-23-16-17-24-49(46)72)64(95)80(8)39-55(88)76-50(29-27-45-26-28-47(48(71)36-45)70(73,74)75)63(94)87-34-22-25-51(87)62(93)78-69(30-18-19-31-69)68(99)85(13)60(43(4)5)67(98)84(12)54(65(96)86-32-20-15-21-33-86)38-56(89)82(10)52(35-42(2)3)61(92)77-59/h42-54,59-60H,14-41H2,1-13H3,(H,76,88)(H,77,92)(H,78,93)/t44-,45?,46?,47?,48?,49?,50-,51-,52-,53-,54-,59-,60-/m0/s1. The summed E-state index contributed by atoms with van der Waals surface area (Å²) in [5.41, 5.74) is -1.59. The summed E-state index contributed by atoms with van der Waals surface area (Å²) in [6.07, 6.45) is -0.331. The van der Waals surface area contributed by atoms with Gasteiger partial charge in [0.15, 0.2) is 0 Å². The number of rotatable bonds is 11. The molecule has 3 saturated carbocycles. The number of piperidine rings is 1. The predicted octanol–water partition coefficient (Wildman–Crippen LogP) is 5.51. The number of hydrogen-bond donors (Lipinski definition) is 3. The van der Waals surface area contributed by atoms with E-state index >= 15 is 23.6 Å². The van der Waals surface area contributed by atoms with Crippen molar-refractivity contribution in [2.75, 3.05) is 88.6 Å². The van der Waals surface area contributed by atoms with Crippen LogP contribution in [0.3, 0.4) is 0 Å². The molecule has 3 saturated heterocycles. The van der Waals surface area contributed by atoms with Gasteiger partial charge in [-0.1, -0.05) is 73.6 Å². The Bertz CT molecular complexity index is 2880. The van der Waals surface area contributed by atoms with Crippen LogP contribution in [-0.2, 0) is 57.5 Å². The third kappa shape index (κ3) is 20.7. The molecule has 1 spiro atoms. The second kappa shape index (κ2) is 36.0.